The SMILES string of the molecule is [2H]C1(CC(=O)O)Cc2ccccc2O1. The van der Waals surface area contributed by atoms with Crippen molar-refractivity contribution >= 4 is 5.97 Å². The average molecular weight is 179 g/mol. The molecule has 1 aliphatic rings. The van der Waals surface area contributed by atoms with Crippen LogP contribution in [0.15, 0.2) is 24.3 Å². The number of carboxylic acids is 1. The highest BCUT2D eigenvalue weighted by Crippen LogP contribution is 2.29. The van der Waals surface area contributed by atoms with Crippen LogP contribution in [0.1, 0.15) is 13.4 Å². The number of ether oxygens (including phenoxy) is 1. The molecule has 0 aromatic heterocycles. The van der Waals surface area contributed by atoms with Crippen LogP contribution in [0.4, 0.5) is 0 Å². The number of carboxylic acid groups (broad SMARTS) is 1. The van der Waals surface area contributed by atoms with Crippen molar-refractivity contribution in [3.8, 4) is 5.75 Å². The maximum absolute atomic E-state index is 10.5. The van der Waals surface area contributed by atoms with Crippen molar-refractivity contribution in [3.05, 3.63) is 29.8 Å². The number of rotatable bonds is 2. The quantitative estimate of drug-likeness (QED) is 0.747. The van der Waals surface area contributed by atoms with Crippen molar-refractivity contribution in [1.29, 1.82) is 0 Å². The molecular formula is C10H10O3. The van der Waals surface area contributed by atoms with Gasteiger partial charge in [0.25, 0.3) is 0 Å². The lowest BCUT2D eigenvalue weighted by Gasteiger charge is -2.06. The third-order valence-corrected chi connectivity index (χ3v) is 1.96. The minimum absolute atomic E-state index is 0.290. The first kappa shape index (κ1) is 6.95. The van der Waals surface area contributed by atoms with E-state index in [1.165, 1.54) is 0 Å². The molecule has 0 saturated carbocycles. The van der Waals surface area contributed by atoms with E-state index in [0.717, 1.165) is 5.56 Å². The van der Waals surface area contributed by atoms with Crippen LogP contribution in [0.5, 0.6) is 5.75 Å². The Morgan fingerprint density at radius 3 is 3.15 bits per heavy atom. The number of para-hydroxylation sites is 1. The fourth-order valence-electron chi connectivity index (χ4n) is 1.42. The zero-order valence-corrected chi connectivity index (χ0v) is 6.99. The molecule has 3 nitrogen and oxygen atoms in total. The summed E-state index contributed by atoms with van der Waals surface area (Å²) in [6, 6.07) is 7.28. The summed E-state index contributed by atoms with van der Waals surface area (Å²) < 4.78 is 13.1. The van der Waals surface area contributed by atoms with Crippen LogP contribution in [0.3, 0.4) is 0 Å². The summed E-state index contributed by atoms with van der Waals surface area (Å²) in [4.78, 5) is 10.5. The van der Waals surface area contributed by atoms with E-state index in [-0.39, 0.29) is 6.42 Å². The molecule has 1 unspecified atom stereocenters. The van der Waals surface area contributed by atoms with E-state index in [1.54, 1.807) is 6.07 Å². The summed E-state index contributed by atoms with van der Waals surface area (Å²) in [5, 5.41) is 8.62. The van der Waals surface area contributed by atoms with Crippen LogP contribution in [-0.4, -0.2) is 17.2 Å². The van der Waals surface area contributed by atoms with Crippen molar-refractivity contribution in [3.63, 3.8) is 0 Å². The smallest absolute Gasteiger partial charge is 0.307 e. The van der Waals surface area contributed by atoms with Gasteiger partial charge in [0.2, 0.25) is 0 Å². The van der Waals surface area contributed by atoms with Crippen molar-refractivity contribution in [2.24, 2.45) is 0 Å². The summed E-state index contributed by atoms with van der Waals surface area (Å²) in [7, 11) is 0. The highest BCUT2D eigenvalue weighted by atomic mass is 16.5. The molecule has 1 heterocycles. The van der Waals surface area contributed by atoms with Crippen LogP contribution < -0.4 is 4.74 Å². The number of benzene rings is 1. The monoisotopic (exact) mass is 179 g/mol. The van der Waals surface area contributed by atoms with E-state index >= 15 is 0 Å². The zero-order valence-electron chi connectivity index (χ0n) is 7.99. The second kappa shape index (κ2) is 3.09. The molecule has 13 heavy (non-hydrogen) atoms. The summed E-state index contributed by atoms with van der Waals surface area (Å²) in [6.45, 7) is 0. The van der Waals surface area contributed by atoms with E-state index in [0.29, 0.717) is 12.2 Å². The maximum Gasteiger partial charge on any atom is 0.307 e. The van der Waals surface area contributed by atoms with Crippen LogP contribution in [0, 0.1) is 0 Å². The first-order valence-corrected chi connectivity index (χ1v) is 4.08. The fourth-order valence-corrected chi connectivity index (χ4v) is 1.42. The molecule has 3 heteroatoms. The lowest BCUT2D eigenvalue weighted by molar-refractivity contribution is -0.138. The van der Waals surface area contributed by atoms with Crippen LogP contribution in [-0.2, 0) is 11.2 Å². The average Bonchev–Trinajstić information content (AvgIpc) is 2.38. The zero-order chi connectivity index (χ0) is 10.2. The minimum Gasteiger partial charge on any atom is -0.489 e. The maximum atomic E-state index is 10.5. The topological polar surface area (TPSA) is 46.5 Å². The van der Waals surface area contributed by atoms with Gasteiger partial charge >= 0.3 is 5.97 Å². The van der Waals surface area contributed by atoms with Gasteiger partial charge in [-0.2, -0.15) is 0 Å². The highest BCUT2D eigenvalue weighted by molar-refractivity contribution is 5.67. The van der Waals surface area contributed by atoms with Crippen molar-refractivity contribution in [2.45, 2.75) is 18.9 Å². The van der Waals surface area contributed by atoms with Crippen molar-refractivity contribution in [2.75, 3.05) is 0 Å². The number of hydrogen-bond donors (Lipinski definition) is 1. The van der Waals surface area contributed by atoms with E-state index in [2.05, 4.69) is 0 Å². The van der Waals surface area contributed by atoms with Crippen LogP contribution >= 0.6 is 0 Å². The van der Waals surface area contributed by atoms with Gasteiger partial charge in [0, 0.05) is 6.42 Å². The summed E-state index contributed by atoms with van der Waals surface area (Å²) in [5.41, 5.74) is 0.906. The molecule has 0 amide bonds. The predicted molar refractivity (Wildman–Crippen MR) is 46.8 cm³/mol. The van der Waals surface area contributed by atoms with Gasteiger partial charge in [0.15, 0.2) is 0 Å². The summed E-state index contributed by atoms with van der Waals surface area (Å²) in [5.74, 6) is -0.378. The number of fused-ring (bicyclic) bond motifs is 1. The molecule has 0 spiro atoms. The number of aliphatic carboxylic acids is 1. The van der Waals surface area contributed by atoms with Crippen LogP contribution in [0.25, 0.3) is 0 Å². The molecule has 0 bridgehead atoms. The van der Waals surface area contributed by atoms with E-state index < -0.39 is 12.0 Å². The molecule has 1 aromatic carbocycles. The van der Waals surface area contributed by atoms with Gasteiger partial charge in [0.1, 0.15) is 11.8 Å². The Morgan fingerprint density at radius 1 is 1.69 bits per heavy atom. The molecular weight excluding hydrogens is 168 g/mol. The summed E-state index contributed by atoms with van der Waals surface area (Å²) >= 11 is 0. The van der Waals surface area contributed by atoms with Gasteiger partial charge in [-0.3, -0.25) is 4.79 Å². The number of hydrogen-bond acceptors (Lipinski definition) is 2. The van der Waals surface area contributed by atoms with Gasteiger partial charge < -0.3 is 9.84 Å². The molecule has 0 aliphatic carbocycles. The van der Waals surface area contributed by atoms with E-state index in [1.807, 2.05) is 18.2 Å². The molecule has 0 fully saturated rings. The summed E-state index contributed by atoms with van der Waals surface area (Å²) in [6.07, 6.45) is -1.27. The first-order valence-electron chi connectivity index (χ1n) is 4.58. The molecule has 0 saturated heterocycles. The molecule has 68 valence electrons. The van der Waals surface area contributed by atoms with Crippen molar-refractivity contribution in [1.82, 2.24) is 0 Å². The van der Waals surface area contributed by atoms with Gasteiger partial charge in [-0.15, -0.1) is 0 Å². The highest BCUT2D eigenvalue weighted by Gasteiger charge is 2.24. The van der Waals surface area contributed by atoms with E-state index in [4.69, 9.17) is 11.2 Å². The molecule has 1 aromatic rings. The molecule has 1 aliphatic heterocycles. The second-order valence-electron chi connectivity index (χ2n) is 3.00. The standard InChI is InChI=1S/C10H10O3/c11-10(12)6-8-5-7-3-1-2-4-9(7)13-8/h1-4,8H,5-6H2,(H,11,12)/i8D. The Morgan fingerprint density at radius 2 is 2.46 bits per heavy atom. The second-order valence-corrected chi connectivity index (χ2v) is 3.00. The molecule has 0 radical (unpaired) electrons. The van der Waals surface area contributed by atoms with E-state index in [9.17, 15) is 4.79 Å². The van der Waals surface area contributed by atoms with Gasteiger partial charge in [-0.1, -0.05) is 18.2 Å². The van der Waals surface area contributed by atoms with Crippen molar-refractivity contribution < 1.29 is 16.0 Å². The van der Waals surface area contributed by atoms with Gasteiger partial charge in [0.05, 0.1) is 7.79 Å². The third kappa shape index (κ3) is 1.64. The number of carbonyl (C=O) groups is 1. The molecule has 2 rings (SSSR count). The molecule has 1 atom stereocenters. The predicted octanol–water partition coefficient (Wildman–Crippen LogP) is 1.46. The third-order valence-electron chi connectivity index (χ3n) is 1.96. The van der Waals surface area contributed by atoms with Gasteiger partial charge in [-0.05, 0) is 11.6 Å². The lowest BCUT2D eigenvalue weighted by Crippen LogP contribution is -2.17. The Balaban J connectivity index is 2.21. The minimum atomic E-state index is -1.32. The normalized spacial score (nSPS) is 26.0. The fraction of sp³-hybridized carbons (Fsp3) is 0.300. The Kier molecular flexibility index (Phi) is 1.65. The van der Waals surface area contributed by atoms with Crippen LogP contribution in [0.2, 0.25) is 0 Å². The Bertz CT molecular complexity index is 350. The largest absolute Gasteiger partial charge is 0.489 e. The first-order chi connectivity index (χ1) is 6.59. The molecule has 1 N–H and O–H groups in total. The van der Waals surface area contributed by atoms with Gasteiger partial charge in [-0.25, -0.2) is 0 Å². The Hall–Kier alpha value is -1.51. The Labute approximate surface area is 77.4 Å². The lowest BCUT2D eigenvalue weighted by atomic mass is 10.1.